The molecule has 1 N–H and O–H groups in total. The maximum Gasteiger partial charge on any atom is 0.371 e. The SMILES string of the molecule is CCCCOc1cc(/C=C(/OCC)C(=O)O)ccc1CCCc1ccc(OC)cc1. The molecule has 5 nitrogen and oxygen atoms in total. The predicted molar refractivity (Wildman–Crippen MR) is 119 cm³/mol. The molecule has 2 rings (SSSR count). The first-order chi connectivity index (χ1) is 14.6. The van der Waals surface area contributed by atoms with E-state index in [1.165, 1.54) is 5.56 Å². The van der Waals surface area contributed by atoms with Gasteiger partial charge in [-0.05, 0) is 73.6 Å². The number of hydrogen-bond acceptors (Lipinski definition) is 4. The van der Waals surface area contributed by atoms with Crippen LogP contribution in [0.3, 0.4) is 0 Å². The quantitative estimate of drug-likeness (QED) is 0.267. The summed E-state index contributed by atoms with van der Waals surface area (Å²) in [6, 6.07) is 14.0. The predicted octanol–water partition coefficient (Wildman–Crippen LogP) is 5.51. The Morgan fingerprint density at radius 1 is 1.03 bits per heavy atom. The van der Waals surface area contributed by atoms with Crippen molar-refractivity contribution in [2.75, 3.05) is 20.3 Å². The molecule has 2 aromatic carbocycles. The van der Waals surface area contributed by atoms with E-state index in [4.69, 9.17) is 14.2 Å². The van der Waals surface area contributed by atoms with Gasteiger partial charge in [-0.3, -0.25) is 0 Å². The summed E-state index contributed by atoms with van der Waals surface area (Å²) in [6.45, 7) is 4.84. The Hall–Kier alpha value is -2.95. The van der Waals surface area contributed by atoms with Crippen LogP contribution in [-0.2, 0) is 22.4 Å². The molecule has 0 aliphatic rings. The second-order valence-corrected chi connectivity index (χ2v) is 7.02. The van der Waals surface area contributed by atoms with Crippen LogP contribution in [-0.4, -0.2) is 31.4 Å². The molecule has 162 valence electrons. The molecule has 2 aromatic rings. The van der Waals surface area contributed by atoms with Crippen molar-refractivity contribution in [3.63, 3.8) is 0 Å². The summed E-state index contributed by atoms with van der Waals surface area (Å²) in [6.07, 6.45) is 6.41. The Bertz CT molecular complexity index is 824. The zero-order valence-corrected chi connectivity index (χ0v) is 18.1. The van der Waals surface area contributed by atoms with Crippen molar-refractivity contribution in [1.29, 1.82) is 0 Å². The van der Waals surface area contributed by atoms with Crippen LogP contribution in [0.15, 0.2) is 48.2 Å². The van der Waals surface area contributed by atoms with Crippen molar-refractivity contribution < 1.29 is 24.1 Å². The molecule has 0 radical (unpaired) electrons. The molecule has 0 saturated carbocycles. The van der Waals surface area contributed by atoms with E-state index in [0.29, 0.717) is 13.2 Å². The lowest BCUT2D eigenvalue weighted by Gasteiger charge is -2.13. The molecule has 0 atom stereocenters. The van der Waals surface area contributed by atoms with E-state index >= 15 is 0 Å². The van der Waals surface area contributed by atoms with Crippen molar-refractivity contribution >= 4 is 12.0 Å². The molecule has 0 unspecified atom stereocenters. The van der Waals surface area contributed by atoms with Crippen LogP contribution >= 0.6 is 0 Å². The Morgan fingerprint density at radius 2 is 1.80 bits per heavy atom. The molecular formula is C25H32O5. The molecule has 0 aromatic heterocycles. The molecule has 5 heteroatoms. The number of unbranched alkanes of at least 4 members (excludes halogenated alkanes) is 1. The van der Waals surface area contributed by atoms with Gasteiger partial charge in [0.15, 0.2) is 0 Å². The fourth-order valence-electron chi connectivity index (χ4n) is 3.08. The Morgan fingerprint density at radius 3 is 2.43 bits per heavy atom. The number of carbonyl (C=O) groups is 1. The molecule has 0 aliphatic heterocycles. The van der Waals surface area contributed by atoms with Crippen LogP contribution in [0.4, 0.5) is 0 Å². The molecular weight excluding hydrogens is 380 g/mol. The fraction of sp³-hybridized carbons (Fsp3) is 0.400. The number of methoxy groups -OCH3 is 1. The molecule has 0 saturated heterocycles. The van der Waals surface area contributed by atoms with Gasteiger partial charge < -0.3 is 19.3 Å². The van der Waals surface area contributed by atoms with Gasteiger partial charge >= 0.3 is 5.97 Å². The number of rotatable bonds is 13. The highest BCUT2D eigenvalue weighted by Gasteiger charge is 2.10. The first-order valence-corrected chi connectivity index (χ1v) is 10.5. The zero-order chi connectivity index (χ0) is 21.8. The van der Waals surface area contributed by atoms with Crippen LogP contribution in [0.25, 0.3) is 6.08 Å². The van der Waals surface area contributed by atoms with Gasteiger partial charge in [0, 0.05) is 0 Å². The highest BCUT2D eigenvalue weighted by Crippen LogP contribution is 2.25. The number of aryl methyl sites for hydroxylation is 2. The number of hydrogen-bond donors (Lipinski definition) is 1. The summed E-state index contributed by atoms with van der Waals surface area (Å²) >= 11 is 0. The van der Waals surface area contributed by atoms with Gasteiger partial charge in [0.2, 0.25) is 5.76 Å². The standard InChI is InChI=1S/C25H32O5/c1-4-6-16-30-23-17-20(18-24(25(26)27)29-5-2)10-13-21(23)9-7-8-19-11-14-22(28-3)15-12-19/h10-15,17-18H,4-9,16H2,1-3H3,(H,26,27)/b24-18+. The average molecular weight is 413 g/mol. The number of carboxylic acids is 1. The maximum atomic E-state index is 11.3. The minimum absolute atomic E-state index is 0.0655. The van der Waals surface area contributed by atoms with Crippen LogP contribution < -0.4 is 9.47 Å². The van der Waals surface area contributed by atoms with Gasteiger partial charge in [-0.25, -0.2) is 4.79 Å². The number of carboxylic acid groups (broad SMARTS) is 1. The van der Waals surface area contributed by atoms with Gasteiger partial charge in [0.25, 0.3) is 0 Å². The topological polar surface area (TPSA) is 65.0 Å². The molecule has 0 aliphatic carbocycles. The summed E-state index contributed by atoms with van der Waals surface area (Å²) < 4.78 is 16.4. The highest BCUT2D eigenvalue weighted by atomic mass is 16.5. The lowest BCUT2D eigenvalue weighted by Crippen LogP contribution is -2.05. The second-order valence-electron chi connectivity index (χ2n) is 7.02. The van der Waals surface area contributed by atoms with E-state index in [2.05, 4.69) is 19.1 Å². The fourth-order valence-corrected chi connectivity index (χ4v) is 3.08. The smallest absolute Gasteiger partial charge is 0.371 e. The monoisotopic (exact) mass is 412 g/mol. The number of aliphatic carboxylic acids is 1. The van der Waals surface area contributed by atoms with E-state index in [-0.39, 0.29) is 5.76 Å². The van der Waals surface area contributed by atoms with Crippen molar-refractivity contribution in [2.45, 2.75) is 46.0 Å². The van der Waals surface area contributed by atoms with Gasteiger partial charge in [-0.15, -0.1) is 0 Å². The van der Waals surface area contributed by atoms with Gasteiger partial charge in [-0.2, -0.15) is 0 Å². The van der Waals surface area contributed by atoms with E-state index in [1.807, 2.05) is 30.3 Å². The average Bonchev–Trinajstić information content (AvgIpc) is 2.75. The lowest BCUT2D eigenvalue weighted by atomic mass is 10.0. The normalized spacial score (nSPS) is 11.2. The zero-order valence-electron chi connectivity index (χ0n) is 18.1. The van der Waals surface area contributed by atoms with E-state index in [0.717, 1.165) is 54.7 Å². The van der Waals surface area contributed by atoms with Crippen molar-refractivity contribution in [2.24, 2.45) is 0 Å². The molecule has 0 fully saturated rings. The van der Waals surface area contributed by atoms with E-state index in [1.54, 1.807) is 20.1 Å². The Kier molecular flexibility index (Phi) is 9.78. The summed E-state index contributed by atoms with van der Waals surface area (Å²) in [5.41, 5.74) is 3.16. The van der Waals surface area contributed by atoms with E-state index < -0.39 is 5.97 Å². The van der Waals surface area contributed by atoms with Crippen LogP contribution in [0.1, 0.15) is 49.8 Å². The Balaban J connectivity index is 2.11. The summed E-state index contributed by atoms with van der Waals surface area (Å²) in [5.74, 6) is 0.535. The Labute approximate surface area is 179 Å². The summed E-state index contributed by atoms with van der Waals surface area (Å²) in [4.78, 5) is 11.3. The molecule has 0 bridgehead atoms. The van der Waals surface area contributed by atoms with Crippen molar-refractivity contribution in [3.8, 4) is 11.5 Å². The largest absolute Gasteiger partial charge is 0.497 e. The van der Waals surface area contributed by atoms with Crippen LogP contribution in [0, 0.1) is 0 Å². The van der Waals surface area contributed by atoms with Gasteiger partial charge in [0.1, 0.15) is 11.5 Å². The van der Waals surface area contributed by atoms with Crippen molar-refractivity contribution in [3.05, 3.63) is 64.9 Å². The lowest BCUT2D eigenvalue weighted by molar-refractivity contribution is -0.136. The van der Waals surface area contributed by atoms with E-state index in [9.17, 15) is 9.90 Å². The van der Waals surface area contributed by atoms with Gasteiger partial charge in [0.05, 0.1) is 20.3 Å². The summed E-state index contributed by atoms with van der Waals surface area (Å²) in [7, 11) is 1.67. The third-order valence-corrected chi connectivity index (χ3v) is 4.73. The second kappa shape index (κ2) is 12.6. The first-order valence-electron chi connectivity index (χ1n) is 10.5. The highest BCUT2D eigenvalue weighted by molar-refractivity contribution is 5.89. The van der Waals surface area contributed by atoms with Crippen LogP contribution in [0.2, 0.25) is 0 Å². The molecule has 30 heavy (non-hydrogen) atoms. The molecule has 0 heterocycles. The maximum absolute atomic E-state index is 11.3. The third-order valence-electron chi connectivity index (χ3n) is 4.73. The molecule has 0 amide bonds. The van der Waals surface area contributed by atoms with Gasteiger partial charge in [-0.1, -0.05) is 37.6 Å². The first kappa shape index (κ1) is 23.3. The molecule has 0 spiro atoms. The number of benzene rings is 2. The number of ether oxygens (including phenoxy) is 3. The van der Waals surface area contributed by atoms with Crippen LogP contribution in [0.5, 0.6) is 11.5 Å². The minimum Gasteiger partial charge on any atom is -0.497 e. The summed E-state index contributed by atoms with van der Waals surface area (Å²) in [5, 5.41) is 9.29. The van der Waals surface area contributed by atoms with Crippen molar-refractivity contribution in [1.82, 2.24) is 0 Å². The third kappa shape index (κ3) is 7.47. The minimum atomic E-state index is -1.08.